The Balaban J connectivity index is 1.85. The van der Waals surface area contributed by atoms with Crippen LogP contribution in [0.2, 0.25) is 0 Å². The highest BCUT2D eigenvalue weighted by Crippen LogP contribution is 2.04. The fraction of sp³-hybridized carbons (Fsp3) is 0.308. The van der Waals surface area contributed by atoms with Crippen LogP contribution in [0.4, 0.5) is 5.69 Å². The van der Waals surface area contributed by atoms with E-state index >= 15 is 0 Å². The Hall–Kier alpha value is -2.37. The molecule has 0 saturated heterocycles. The molecule has 2 aromatic rings. The molecule has 0 radical (unpaired) electrons. The molecule has 0 aromatic carbocycles. The lowest BCUT2D eigenvalue weighted by atomic mass is 10.3. The van der Waals surface area contributed by atoms with Crippen LogP contribution in [0.25, 0.3) is 0 Å². The van der Waals surface area contributed by atoms with Gasteiger partial charge in [-0.3, -0.25) is 9.48 Å². The number of hydrogen-bond donors (Lipinski definition) is 2. The van der Waals surface area contributed by atoms with Crippen LogP contribution >= 0.6 is 0 Å². The molecule has 0 bridgehead atoms. The van der Waals surface area contributed by atoms with Crippen LogP contribution in [-0.2, 0) is 13.5 Å². The highest BCUT2D eigenvalue weighted by Gasteiger charge is 2.06. The molecule has 0 atom stereocenters. The summed E-state index contributed by atoms with van der Waals surface area (Å²) in [6.07, 6.45) is 4.13. The van der Waals surface area contributed by atoms with Gasteiger partial charge in [0.1, 0.15) is 5.69 Å². The maximum absolute atomic E-state index is 11.8. The zero-order chi connectivity index (χ0) is 13.7. The molecule has 0 unspecified atom stereocenters. The second kappa shape index (κ2) is 5.99. The number of nitrogens with one attached hydrogen (secondary N) is 2. The van der Waals surface area contributed by atoms with Crippen molar-refractivity contribution in [2.24, 2.45) is 7.05 Å². The molecular weight excluding hydrogens is 242 g/mol. The lowest BCUT2D eigenvalue weighted by Gasteiger charge is -2.06. The SMILES string of the molecule is CNc1ccc(C(=O)NCCc2ccnn2C)nc1. The number of nitrogens with zero attached hydrogens (tertiary/aromatic N) is 3. The molecular formula is C13H17N5O. The third-order valence-corrected chi connectivity index (χ3v) is 2.87. The lowest BCUT2D eigenvalue weighted by molar-refractivity contribution is 0.0949. The van der Waals surface area contributed by atoms with E-state index < -0.39 is 0 Å². The van der Waals surface area contributed by atoms with E-state index in [0.29, 0.717) is 12.2 Å². The number of amides is 1. The van der Waals surface area contributed by atoms with Gasteiger partial charge in [0.25, 0.3) is 5.91 Å². The summed E-state index contributed by atoms with van der Waals surface area (Å²) in [4.78, 5) is 15.9. The maximum atomic E-state index is 11.8. The molecule has 2 N–H and O–H groups in total. The van der Waals surface area contributed by atoms with E-state index in [0.717, 1.165) is 17.8 Å². The summed E-state index contributed by atoms with van der Waals surface area (Å²) in [5, 5.41) is 9.87. The first-order valence-electron chi connectivity index (χ1n) is 6.09. The van der Waals surface area contributed by atoms with Gasteiger partial charge in [0, 0.05) is 39.0 Å². The molecule has 2 rings (SSSR count). The summed E-state index contributed by atoms with van der Waals surface area (Å²) < 4.78 is 1.80. The quantitative estimate of drug-likeness (QED) is 0.834. The van der Waals surface area contributed by atoms with Crippen molar-refractivity contribution in [1.82, 2.24) is 20.1 Å². The minimum atomic E-state index is -0.162. The average molecular weight is 259 g/mol. The molecule has 0 aliphatic heterocycles. The first kappa shape index (κ1) is 13.1. The van der Waals surface area contributed by atoms with Crippen molar-refractivity contribution in [2.45, 2.75) is 6.42 Å². The summed E-state index contributed by atoms with van der Waals surface area (Å²) in [5.74, 6) is -0.162. The zero-order valence-electron chi connectivity index (χ0n) is 11.1. The Morgan fingerprint density at radius 1 is 1.37 bits per heavy atom. The highest BCUT2D eigenvalue weighted by molar-refractivity contribution is 5.92. The number of carbonyl (C=O) groups excluding carboxylic acids is 1. The van der Waals surface area contributed by atoms with E-state index in [1.807, 2.05) is 26.2 Å². The summed E-state index contributed by atoms with van der Waals surface area (Å²) in [7, 11) is 3.69. The van der Waals surface area contributed by atoms with Crippen molar-refractivity contribution >= 4 is 11.6 Å². The summed E-state index contributed by atoms with van der Waals surface area (Å²) >= 11 is 0. The number of carbonyl (C=O) groups is 1. The zero-order valence-corrected chi connectivity index (χ0v) is 11.1. The number of rotatable bonds is 5. The van der Waals surface area contributed by atoms with Gasteiger partial charge >= 0.3 is 0 Å². The maximum Gasteiger partial charge on any atom is 0.269 e. The average Bonchev–Trinajstić information content (AvgIpc) is 2.84. The van der Waals surface area contributed by atoms with Gasteiger partial charge in [-0.25, -0.2) is 4.98 Å². The summed E-state index contributed by atoms with van der Waals surface area (Å²) in [6.45, 7) is 0.563. The molecule has 0 aliphatic rings. The molecule has 100 valence electrons. The van der Waals surface area contributed by atoms with Crippen molar-refractivity contribution in [2.75, 3.05) is 18.9 Å². The van der Waals surface area contributed by atoms with Crippen LogP contribution < -0.4 is 10.6 Å². The van der Waals surface area contributed by atoms with Crippen LogP contribution in [-0.4, -0.2) is 34.3 Å². The molecule has 2 aromatic heterocycles. The number of pyridine rings is 1. The smallest absolute Gasteiger partial charge is 0.269 e. The van der Waals surface area contributed by atoms with Gasteiger partial charge < -0.3 is 10.6 Å². The van der Waals surface area contributed by atoms with E-state index in [2.05, 4.69) is 20.7 Å². The van der Waals surface area contributed by atoms with E-state index in [1.165, 1.54) is 0 Å². The fourth-order valence-electron chi connectivity index (χ4n) is 1.72. The van der Waals surface area contributed by atoms with E-state index in [-0.39, 0.29) is 5.91 Å². The Kier molecular flexibility index (Phi) is 4.12. The molecule has 19 heavy (non-hydrogen) atoms. The predicted octanol–water partition coefficient (Wildman–Crippen LogP) is 0.829. The fourth-order valence-corrected chi connectivity index (χ4v) is 1.72. The van der Waals surface area contributed by atoms with Crippen molar-refractivity contribution < 1.29 is 4.79 Å². The van der Waals surface area contributed by atoms with Gasteiger partial charge in [0.2, 0.25) is 0 Å². The van der Waals surface area contributed by atoms with Gasteiger partial charge in [-0.15, -0.1) is 0 Å². The van der Waals surface area contributed by atoms with Crippen LogP contribution in [0.3, 0.4) is 0 Å². The van der Waals surface area contributed by atoms with Gasteiger partial charge in [0.05, 0.1) is 11.9 Å². The molecule has 6 nitrogen and oxygen atoms in total. The number of aromatic nitrogens is 3. The van der Waals surface area contributed by atoms with Crippen LogP contribution in [0.5, 0.6) is 0 Å². The topological polar surface area (TPSA) is 71.8 Å². The van der Waals surface area contributed by atoms with Crippen molar-refractivity contribution in [1.29, 1.82) is 0 Å². The molecule has 0 saturated carbocycles. The number of anilines is 1. The van der Waals surface area contributed by atoms with E-state index in [9.17, 15) is 4.79 Å². The van der Waals surface area contributed by atoms with Crippen molar-refractivity contribution in [3.05, 3.63) is 42.0 Å². The summed E-state index contributed by atoms with van der Waals surface area (Å²) in [6, 6.07) is 5.46. The second-order valence-corrected chi connectivity index (χ2v) is 4.13. The van der Waals surface area contributed by atoms with Gasteiger partial charge in [0.15, 0.2) is 0 Å². The van der Waals surface area contributed by atoms with Gasteiger partial charge in [-0.05, 0) is 18.2 Å². The Labute approximate surface area is 111 Å². The monoisotopic (exact) mass is 259 g/mol. The van der Waals surface area contributed by atoms with Gasteiger partial charge in [-0.2, -0.15) is 5.10 Å². The molecule has 0 aliphatic carbocycles. The van der Waals surface area contributed by atoms with Crippen molar-refractivity contribution in [3.63, 3.8) is 0 Å². The van der Waals surface area contributed by atoms with Gasteiger partial charge in [-0.1, -0.05) is 0 Å². The number of hydrogen-bond acceptors (Lipinski definition) is 4. The van der Waals surface area contributed by atoms with Crippen molar-refractivity contribution in [3.8, 4) is 0 Å². The second-order valence-electron chi connectivity index (χ2n) is 4.13. The van der Waals surface area contributed by atoms with Crippen LogP contribution in [0.1, 0.15) is 16.2 Å². The predicted molar refractivity (Wildman–Crippen MR) is 73.0 cm³/mol. The molecule has 1 amide bonds. The standard InChI is InChI=1S/C13H17N5O/c1-14-10-3-4-12(16-9-10)13(19)15-7-5-11-6-8-17-18(11)2/h3-4,6,8-9,14H,5,7H2,1-2H3,(H,15,19). The first-order chi connectivity index (χ1) is 9.20. The largest absolute Gasteiger partial charge is 0.387 e. The third kappa shape index (κ3) is 3.31. The first-order valence-corrected chi connectivity index (χ1v) is 6.09. The Morgan fingerprint density at radius 3 is 2.79 bits per heavy atom. The molecule has 6 heteroatoms. The van der Waals surface area contributed by atoms with Crippen LogP contribution in [0, 0.1) is 0 Å². The molecule has 0 fully saturated rings. The minimum Gasteiger partial charge on any atom is -0.387 e. The number of aryl methyl sites for hydroxylation is 1. The Bertz CT molecular complexity index is 546. The van der Waals surface area contributed by atoms with E-state index in [4.69, 9.17) is 0 Å². The lowest BCUT2D eigenvalue weighted by Crippen LogP contribution is -2.27. The van der Waals surface area contributed by atoms with Crippen LogP contribution in [0.15, 0.2) is 30.6 Å². The third-order valence-electron chi connectivity index (χ3n) is 2.87. The summed E-state index contributed by atoms with van der Waals surface area (Å²) in [5.41, 5.74) is 2.38. The Morgan fingerprint density at radius 2 is 2.21 bits per heavy atom. The highest BCUT2D eigenvalue weighted by atomic mass is 16.1. The molecule has 0 spiro atoms. The normalized spacial score (nSPS) is 10.2. The minimum absolute atomic E-state index is 0.162. The molecule has 2 heterocycles. The van der Waals surface area contributed by atoms with E-state index in [1.54, 1.807) is 23.1 Å².